The third-order valence-corrected chi connectivity index (χ3v) is 3.26. The molecule has 0 saturated carbocycles. The molecule has 2 rings (SSSR count). The normalized spacial score (nSPS) is 22.3. The number of nitrogens with one attached hydrogen (secondary N) is 1. The molecule has 0 spiro atoms. The lowest BCUT2D eigenvalue weighted by molar-refractivity contribution is 0.165. The molecule has 0 radical (unpaired) electrons. The van der Waals surface area contributed by atoms with E-state index in [-0.39, 0.29) is 5.82 Å². The lowest BCUT2D eigenvalue weighted by atomic mass is 10.1. The summed E-state index contributed by atoms with van der Waals surface area (Å²) in [7, 11) is 0. The Labute approximate surface area is 96.5 Å². The Morgan fingerprint density at radius 1 is 1.50 bits per heavy atom. The van der Waals surface area contributed by atoms with Crippen LogP contribution in [-0.2, 0) is 6.54 Å². The van der Waals surface area contributed by atoms with E-state index in [4.69, 9.17) is 0 Å². The Morgan fingerprint density at radius 3 is 3.00 bits per heavy atom. The van der Waals surface area contributed by atoms with E-state index in [2.05, 4.69) is 17.1 Å². The van der Waals surface area contributed by atoms with Gasteiger partial charge in [-0.1, -0.05) is 12.1 Å². The van der Waals surface area contributed by atoms with Crippen molar-refractivity contribution in [3.05, 3.63) is 35.1 Å². The Morgan fingerprint density at radius 2 is 2.31 bits per heavy atom. The van der Waals surface area contributed by atoms with Crippen molar-refractivity contribution < 1.29 is 4.39 Å². The summed E-state index contributed by atoms with van der Waals surface area (Å²) >= 11 is 0. The van der Waals surface area contributed by atoms with Crippen molar-refractivity contribution in [1.82, 2.24) is 10.2 Å². The average Bonchev–Trinajstić information content (AvgIpc) is 2.27. The van der Waals surface area contributed by atoms with E-state index >= 15 is 0 Å². The molecule has 1 heterocycles. The fraction of sp³-hybridized carbons (Fsp3) is 0.538. The third kappa shape index (κ3) is 2.60. The minimum Gasteiger partial charge on any atom is -0.314 e. The molecule has 0 amide bonds. The minimum atomic E-state index is -0.0970. The summed E-state index contributed by atoms with van der Waals surface area (Å²) in [5, 5.41) is 3.36. The first-order chi connectivity index (χ1) is 7.66. The number of benzene rings is 1. The summed E-state index contributed by atoms with van der Waals surface area (Å²) in [6.07, 6.45) is 0. The van der Waals surface area contributed by atoms with Gasteiger partial charge < -0.3 is 5.32 Å². The Bertz CT molecular complexity index is 365. The number of hydrogen-bond acceptors (Lipinski definition) is 2. The zero-order chi connectivity index (χ0) is 11.5. The molecule has 1 N–H and O–H groups in total. The van der Waals surface area contributed by atoms with Gasteiger partial charge >= 0.3 is 0 Å². The van der Waals surface area contributed by atoms with E-state index in [9.17, 15) is 4.39 Å². The second-order valence-corrected chi connectivity index (χ2v) is 4.61. The first-order valence-corrected chi connectivity index (χ1v) is 5.86. The Hall–Kier alpha value is -0.930. The van der Waals surface area contributed by atoms with Gasteiger partial charge in [0.15, 0.2) is 0 Å². The van der Waals surface area contributed by atoms with Gasteiger partial charge in [-0.3, -0.25) is 4.90 Å². The second kappa shape index (κ2) is 4.93. The van der Waals surface area contributed by atoms with Crippen LogP contribution < -0.4 is 5.32 Å². The van der Waals surface area contributed by atoms with Gasteiger partial charge in [0.05, 0.1) is 0 Å². The van der Waals surface area contributed by atoms with E-state index in [1.165, 1.54) is 0 Å². The molecule has 3 heteroatoms. The van der Waals surface area contributed by atoms with Crippen molar-refractivity contribution in [2.24, 2.45) is 0 Å². The van der Waals surface area contributed by atoms with Gasteiger partial charge in [-0.15, -0.1) is 0 Å². The number of hydrogen-bond donors (Lipinski definition) is 1. The SMILES string of the molecule is Cc1ccc(CN2CCNCC2C)cc1F. The van der Waals surface area contributed by atoms with Crippen molar-refractivity contribution in [2.45, 2.75) is 26.4 Å². The summed E-state index contributed by atoms with van der Waals surface area (Å²) in [6.45, 7) is 7.94. The monoisotopic (exact) mass is 222 g/mol. The molecule has 2 nitrogen and oxygen atoms in total. The fourth-order valence-electron chi connectivity index (χ4n) is 2.09. The van der Waals surface area contributed by atoms with E-state index in [0.717, 1.165) is 37.3 Å². The van der Waals surface area contributed by atoms with Crippen LogP contribution >= 0.6 is 0 Å². The largest absolute Gasteiger partial charge is 0.314 e. The average molecular weight is 222 g/mol. The first kappa shape index (κ1) is 11.6. The summed E-state index contributed by atoms with van der Waals surface area (Å²) in [5.74, 6) is -0.0970. The van der Waals surface area contributed by atoms with Crippen molar-refractivity contribution >= 4 is 0 Å². The van der Waals surface area contributed by atoms with Gasteiger partial charge in [0, 0.05) is 32.2 Å². The predicted octanol–water partition coefficient (Wildman–Crippen LogP) is 1.93. The van der Waals surface area contributed by atoms with Crippen LogP contribution in [0.15, 0.2) is 18.2 Å². The quantitative estimate of drug-likeness (QED) is 0.822. The Kier molecular flexibility index (Phi) is 3.56. The molecule has 1 atom stereocenters. The third-order valence-electron chi connectivity index (χ3n) is 3.26. The van der Waals surface area contributed by atoms with Crippen LogP contribution in [0.4, 0.5) is 4.39 Å². The van der Waals surface area contributed by atoms with Crippen LogP contribution in [0.3, 0.4) is 0 Å². The van der Waals surface area contributed by atoms with E-state index < -0.39 is 0 Å². The molecule has 16 heavy (non-hydrogen) atoms. The molecule has 88 valence electrons. The zero-order valence-electron chi connectivity index (χ0n) is 9.96. The molecule has 1 aliphatic rings. The van der Waals surface area contributed by atoms with Crippen LogP contribution in [0.1, 0.15) is 18.1 Å². The molecule has 0 aliphatic carbocycles. The first-order valence-electron chi connectivity index (χ1n) is 5.86. The lowest BCUT2D eigenvalue weighted by Gasteiger charge is -2.33. The number of rotatable bonds is 2. The minimum absolute atomic E-state index is 0.0970. The van der Waals surface area contributed by atoms with Crippen molar-refractivity contribution in [2.75, 3.05) is 19.6 Å². The van der Waals surface area contributed by atoms with Gasteiger partial charge in [0.1, 0.15) is 5.82 Å². The molecule has 1 aromatic carbocycles. The number of piperazine rings is 1. The van der Waals surface area contributed by atoms with Crippen LogP contribution in [-0.4, -0.2) is 30.6 Å². The number of aryl methyl sites for hydroxylation is 1. The maximum Gasteiger partial charge on any atom is 0.126 e. The summed E-state index contributed by atoms with van der Waals surface area (Å²) < 4.78 is 13.4. The molecular formula is C13H19FN2. The smallest absolute Gasteiger partial charge is 0.126 e. The highest BCUT2D eigenvalue weighted by Crippen LogP contribution is 2.13. The molecule has 0 aromatic heterocycles. The molecule has 1 unspecified atom stereocenters. The summed E-state index contributed by atoms with van der Waals surface area (Å²) in [4.78, 5) is 2.39. The lowest BCUT2D eigenvalue weighted by Crippen LogP contribution is -2.49. The van der Waals surface area contributed by atoms with Gasteiger partial charge in [0.25, 0.3) is 0 Å². The molecule has 0 bridgehead atoms. The van der Waals surface area contributed by atoms with Crippen LogP contribution in [0.2, 0.25) is 0 Å². The van der Waals surface area contributed by atoms with Gasteiger partial charge in [-0.25, -0.2) is 4.39 Å². The number of nitrogens with zero attached hydrogens (tertiary/aromatic N) is 1. The topological polar surface area (TPSA) is 15.3 Å². The zero-order valence-corrected chi connectivity index (χ0v) is 9.96. The van der Waals surface area contributed by atoms with Crippen molar-refractivity contribution in [3.63, 3.8) is 0 Å². The molecule has 1 saturated heterocycles. The van der Waals surface area contributed by atoms with Gasteiger partial charge in [-0.2, -0.15) is 0 Å². The standard InChI is InChI=1S/C13H19FN2/c1-10-3-4-12(7-13(10)14)9-16-6-5-15-8-11(16)2/h3-4,7,11,15H,5-6,8-9H2,1-2H3. The van der Waals surface area contributed by atoms with Crippen LogP contribution in [0.5, 0.6) is 0 Å². The van der Waals surface area contributed by atoms with E-state index in [1.807, 2.05) is 12.1 Å². The summed E-state index contributed by atoms with van der Waals surface area (Å²) in [6, 6.07) is 6.06. The van der Waals surface area contributed by atoms with Crippen LogP contribution in [0, 0.1) is 12.7 Å². The second-order valence-electron chi connectivity index (χ2n) is 4.61. The van der Waals surface area contributed by atoms with E-state index in [1.54, 1.807) is 13.0 Å². The molecule has 1 aliphatic heterocycles. The molecule has 1 fully saturated rings. The predicted molar refractivity (Wildman–Crippen MR) is 63.9 cm³/mol. The highest BCUT2D eigenvalue weighted by Gasteiger charge is 2.17. The summed E-state index contributed by atoms with van der Waals surface area (Å²) in [5.41, 5.74) is 1.79. The molecular weight excluding hydrogens is 203 g/mol. The Balaban J connectivity index is 2.05. The maximum absolute atomic E-state index is 13.4. The van der Waals surface area contributed by atoms with Crippen molar-refractivity contribution in [1.29, 1.82) is 0 Å². The maximum atomic E-state index is 13.4. The highest BCUT2D eigenvalue weighted by molar-refractivity contribution is 5.23. The highest BCUT2D eigenvalue weighted by atomic mass is 19.1. The molecule has 1 aromatic rings. The number of halogens is 1. The van der Waals surface area contributed by atoms with E-state index in [0.29, 0.717) is 6.04 Å². The van der Waals surface area contributed by atoms with Gasteiger partial charge in [-0.05, 0) is 31.0 Å². The van der Waals surface area contributed by atoms with Crippen LogP contribution in [0.25, 0.3) is 0 Å². The van der Waals surface area contributed by atoms with Crippen molar-refractivity contribution in [3.8, 4) is 0 Å². The fourth-order valence-corrected chi connectivity index (χ4v) is 2.09. The van der Waals surface area contributed by atoms with Gasteiger partial charge in [0.2, 0.25) is 0 Å².